The van der Waals surface area contributed by atoms with Gasteiger partial charge in [0.15, 0.2) is 0 Å². The maximum Gasteiger partial charge on any atom is 0.418 e. The maximum atomic E-state index is 14.0. The van der Waals surface area contributed by atoms with E-state index in [9.17, 15) is 23.1 Å². The fraction of sp³-hybridized carbons (Fsp3) is 0.333. The molecule has 2 aliphatic rings. The van der Waals surface area contributed by atoms with Gasteiger partial charge in [-0.2, -0.15) is 23.0 Å². The van der Waals surface area contributed by atoms with Crippen LogP contribution in [0.3, 0.4) is 0 Å². The third-order valence-electron chi connectivity index (χ3n) is 6.30. The SMILES string of the molecule is O=c1c2c(c(-c3cccc(Br)c3)nn1-c1cc(N3CC[C@H](O)C3)ccc1C(F)(F)F)CCC2. The first-order valence-corrected chi connectivity index (χ1v) is 11.6. The summed E-state index contributed by atoms with van der Waals surface area (Å²) in [6.45, 7) is 0.863. The zero-order valence-electron chi connectivity index (χ0n) is 17.6. The van der Waals surface area contributed by atoms with Gasteiger partial charge in [-0.05, 0) is 61.6 Å². The summed E-state index contributed by atoms with van der Waals surface area (Å²) < 4.78 is 43.7. The van der Waals surface area contributed by atoms with Crippen molar-refractivity contribution < 1.29 is 18.3 Å². The van der Waals surface area contributed by atoms with Crippen molar-refractivity contribution in [1.82, 2.24) is 9.78 Å². The molecule has 33 heavy (non-hydrogen) atoms. The smallest absolute Gasteiger partial charge is 0.391 e. The van der Waals surface area contributed by atoms with E-state index in [0.717, 1.165) is 32.8 Å². The van der Waals surface area contributed by atoms with Gasteiger partial charge in [-0.25, -0.2) is 0 Å². The Morgan fingerprint density at radius 3 is 2.58 bits per heavy atom. The number of nitrogens with zero attached hydrogens (tertiary/aromatic N) is 3. The van der Waals surface area contributed by atoms with E-state index in [1.54, 1.807) is 0 Å². The molecule has 2 aromatic carbocycles. The molecule has 1 atom stereocenters. The minimum atomic E-state index is -4.66. The van der Waals surface area contributed by atoms with Crippen LogP contribution in [0.15, 0.2) is 51.7 Å². The number of aliphatic hydroxyl groups excluding tert-OH is 1. The number of aliphatic hydroxyl groups is 1. The minimum absolute atomic E-state index is 0.294. The van der Waals surface area contributed by atoms with Gasteiger partial charge in [0.1, 0.15) is 0 Å². The Labute approximate surface area is 196 Å². The fourth-order valence-electron chi connectivity index (χ4n) is 4.71. The minimum Gasteiger partial charge on any atom is -0.391 e. The van der Waals surface area contributed by atoms with Gasteiger partial charge in [-0.3, -0.25) is 4.79 Å². The number of hydrogen-bond acceptors (Lipinski definition) is 4. The highest BCUT2D eigenvalue weighted by Gasteiger charge is 2.36. The molecule has 0 saturated carbocycles. The first kappa shape index (κ1) is 22.2. The van der Waals surface area contributed by atoms with Gasteiger partial charge in [-0.15, -0.1) is 0 Å². The molecule has 3 aromatic rings. The molecule has 1 aliphatic carbocycles. The summed E-state index contributed by atoms with van der Waals surface area (Å²) in [4.78, 5) is 15.2. The van der Waals surface area contributed by atoms with Crippen molar-refractivity contribution in [3.63, 3.8) is 0 Å². The van der Waals surface area contributed by atoms with E-state index < -0.39 is 23.4 Å². The van der Waals surface area contributed by atoms with Crippen LogP contribution in [0.2, 0.25) is 0 Å². The Hall–Kier alpha value is -2.65. The van der Waals surface area contributed by atoms with Crippen molar-refractivity contribution in [2.75, 3.05) is 18.0 Å². The molecule has 9 heteroatoms. The molecule has 5 nitrogen and oxygen atoms in total. The number of rotatable bonds is 3. The molecule has 0 radical (unpaired) electrons. The standard InChI is InChI=1S/C24H21BrF3N3O2/c25-15-4-1-3-14(11-15)22-18-5-2-6-19(18)23(33)31(29-22)21-12-16(30-10-9-17(32)13-30)7-8-20(21)24(26,27)28/h1,3-4,7-8,11-12,17,32H,2,5-6,9-10,13H2/t17-/m0/s1. The molecule has 2 heterocycles. The lowest BCUT2D eigenvalue weighted by Gasteiger charge is -2.22. The zero-order valence-corrected chi connectivity index (χ0v) is 19.2. The van der Waals surface area contributed by atoms with Crippen LogP contribution in [0.5, 0.6) is 0 Å². The molecule has 1 aliphatic heterocycles. The van der Waals surface area contributed by atoms with Gasteiger partial charge in [0.2, 0.25) is 0 Å². The zero-order chi connectivity index (χ0) is 23.3. The Morgan fingerprint density at radius 2 is 1.88 bits per heavy atom. The van der Waals surface area contributed by atoms with Crippen LogP contribution < -0.4 is 10.5 Å². The number of hydrogen-bond donors (Lipinski definition) is 1. The van der Waals surface area contributed by atoms with E-state index in [-0.39, 0.29) is 5.69 Å². The average molecular weight is 520 g/mol. The normalized spacial score (nSPS) is 18.1. The molecule has 1 aromatic heterocycles. The predicted molar refractivity (Wildman–Crippen MR) is 123 cm³/mol. The number of β-amino-alcohol motifs (C(OH)–C–C–N with tert-alkyl or cyclic N) is 1. The second kappa shape index (κ2) is 8.29. The van der Waals surface area contributed by atoms with Crippen LogP contribution in [0.25, 0.3) is 16.9 Å². The summed E-state index contributed by atoms with van der Waals surface area (Å²) in [5, 5.41) is 14.4. The maximum absolute atomic E-state index is 14.0. The van der Waals surface area contributed by atoms with Crippen LogP contribution >= 0.6 is 15.9 Å². The Balaban J connectivity index is 1.75. The first-order valence-electron chi connectivity index (χ1n) is 10.8. The quantitative estimate of drug-likeness (QED) is 0.542. The monoisotopic (exact) mass is 519 g/mol. The second-order valence-corrected chi connectivity index (χ2v) is 9.39. The molecule has 1 fully saturated rings. The molecule has 5 rings (SSSR count). The number of halogens is 4. The van der Waals surface area contributed by atoms with Crippen LogP contribution in [0, 0.1) is 0 Å². The van der Waals surface area contributed by atoms with Crippen molar-refractivity contribution in [2.45, 2.75) is 38.0 Å². The van der Waals surface area contributed by atoms with Gasteiger partial charge < -0.3 is 10.0 Å². The van der Waals surface area contributed by atoms with Gasteiger partial charge in [0.05, 0.1) is 23.0 Å². The van der Waals surface area contributed by atoms with Crippen molar-refractivity contribution in [3.05, 3.63) is 74.0 Å². The molecule has 0 amide bonds. The molecule has 0 spiro atoms. The van der Waals surface area contributed by atoms with Crippen LogP contribution in [0.4, 0.5) is 18.9 Å². The first-order chi connectivity index (χ1) is 15.7. The Morgan fingerprint density at radius 1 is 1.09 bits per heavy atom. The highest BCUT2D eigenvalue weighted by atomic mass is 79.9. The van der Waals surface area contributed by atoms with Crippen molar-refractivity contribution in [3.8, 4) is 16.9 Å². The van der Waals surface area contributed by atoms with E-state index in [0.29, 0.717) is 49.3 Å². The third kappa shape index (κ3) is 4.08. The molecule has 1 saturated heterocycles. The number of alkyl halides is 3. The van der Waals surface area contributed by atoms with Crippen LogP contribution in [-0.4, -0.2) is 34.1 Å². The topological polar surface area (TPSA) is 58.4 Å². The number of anilines is 1. The lowest BCUT2D eigenvalue weighted by atomic mass is 10.0. The van der Waals surface area contributed by atoms with Gasteiger partial charge in [-0.1, -0.05) is 28.1 Å². The molecular weight excluding hydrogens is 499 g/mol. The third-order valence-corrected chi connectivity index (χ3v) is 6.79. The highest BCUT2D eigenvalue weighted by molar-refractivity contribution is 9.10. The van der Waals surface area contributed by atoms with E-state index in [4.69, 9.17) is 0 Å². The van der Waals surface area contributed by atoms with E-state index in [2.05, 4.69) is 21.0 Å². The van der Waals surface area contributed by atoms with Crippen LogP contribution in [-0.2, 0) is 19.0 Å². The summed E-state index contributed by atoms with van der Waals surface area (Å²) in [5.74, 6) is 0. The highest BCUT2D eigenvalue weighted by Crippen LogP contribution is 2.37. The number of benzene rings is 2. The second-order valence-electron chi connectivity index (χ2n) is 8.47. The molecular formula is C24H21BrF3N3O2. The van der Waals surface area contributed by atoms with Crippen molar-refractivity contribution >= 4 is 21.6 Å². The van der Waals surface area contributed by atoms with E-state index >= 15 is 0 Å². The largest absolute Gasteiger partial charge is 0.418 e. The Bertz CT molecular complexity index is 1290. The fourth-order valence-corrected chi connectivity index (χ4v) is 5.11. The van der Waals surface area contributed by atoms with Gasteiger partial charge >= 0.3 is 6.18 Å². The molecule has 1 N–H and O–H groups in total. The summed E-state index contributed by atoms with van der Waals surface area (Å²) in [5.41, 5.74) is 1.40. The Kier molecular flexibility index (Phi) is 5.56. The van der Waals surface area contributed by atoms with E-state index in [1.165, 1.54) is 12.1 Å². The van der Waals surface area contributed by atoms with Crippen molar-refractivity contribution in [2.24, 2.45) is 0 Å². The van der Waals surface area contributed by atoms with Gasteiger partial charge in [0, 0.05) is 34.4 Å². The molecule has 172 valence electrons. The lowest BCUT2D eigenvalue weighted by molar-refractivity contribution is -0.137. The lowest BCUT2D eigenvalue weighted by Crippen LogP contribution is -2.29. The van der Waals surface area contributed by atoms with E-state index in [1.807, 2.05) is 29.2 Å². The summed E-state index contributed by atoms with van der Waals surface area (Å²) in [6, 6.07) is 11.1. The van der Waals surface area contributed by atoms with Crippen LogP contribution in [0.1, 0.15) is 29.5 Å². The van der Waals surface area contributed by atoms with Crippen molar-refractivity contribution in [1.29, 1.82) is 0 Å². The summed E-state index contributed by atoms with van der Waals surface area (Å²) in [6.07, 6.45) is -2.71. The number of aromatic nitrogens is 2. The summed E-state index contributed by atoms with van der Waals surface area (Å²) >= 11 is 3.44. The molecule has 0 bridgehead atoms. The number of fused-ring (bicyclic) bond motifs is 1. The predicted octanol–water partition coefficient (Wildman–Crippen LogP) is 4.74. The average Bonchev–Trinajstić information content (AvgIpc) is 3.43. The molecule has 0 unspecified atom stereocenters. The summed E-state index contributed by atoms with van der Waals surface area (Å²) in [7, 11) is 0. The van der Waals surface area contributed by atoms with Gasteiger partial charge in [0.25, 0.3) is 5.56 Å².